The zero-order chi connectivity index (χ0) is 15.5. The van der Waals surface area contributed by atoms with Gasteiger partial charge in [-0.25, -0.2) is 0 Å². The first-order chi connectivity index (χ1) is 9.89. The van der Waals surface area contributed by atoms with Crippen molar-refractivity contribution in [3.63, 3.8) is 0 Å². The number of rotatable bonds is 7. The van der Waals surface area contributed by atoms with Gasteiger partial charge >= 0.3 is 6.18 Å². The predicted octanol–water partition coefficient (Wildman–Crippen LogP) is 4.37. The highest BCUT2D eigenvalue weighted by Crippen LogP contribution is 2.30. The van der Waals surface area contributed by atoms with E-state index < -0.39 is 12.7 Å². The first-order valence-electron chi connectivity index (χ1n) is 7.22. The van der Waals surface area contributed by atoms with E-state index in [9.17, 15) is 13.2 Å². The van der Waals surface area contributed by atoms with Gasteiger partial charge in [0.15, 0.2) is 0 Å². The third kappa shape index (κ3) is 5.40. The maximum atomic E-state index is 12.6. The van der Waals surface area contributed by atoms with E-state index in [0.29, 0.717) is 36.3 Å². The number of nitrogens with zero attached hydrogens (tertiary/aromatic N) is 1. The van der Waals surface area contributed by atoms with Gasteiger partial charge in [-0.15, -0.1) is 0 Å². The van der Waals surface area contributed by atoms with Crippen LogP contribution in [0, 0.1) is 0 Å². The van der Waals surface area contributed by atoms with Gasteiger partial charge < -0.3 is 10.2 Å². The van der Waals surface area contributed by atoms with Crippen molar-refractivity contribution in [2.75, 3.05) is 18.0 Å². The van der Waals surface area contributed by atoms with Crippen LogP contribution in [0.2, 0.25) is 5.02 Å². The molecule has 0 aromatic heterocycles. The first-order valence-corrected chi connectivity index (χ1v) is 7.60. The molecule has 0 radical (unpaired) electrons. The van der Waals surface area contributed by atoms with Crippen LogP contribution in [0.25, 0.3) is 0 Å². The Morgan fingerprint density at radius 2 is 2.05 bits per heavy atom. The highest BCUT2D eigenvalue weighted by molar-refractivity contribution is 6.33. The van der Waals surface area contributed by atoms with Gasteiger partial charge in [-0.05, 0) is 37.0 Å². The second kappa shape index (κ2) is 6.88. The summed E-state index contributed by atoms with van der Waals surface area (Å²) in [7, 11) is 0. The fourth-order valence-corrected chi connectivity index (χ4v) is 2.56. The zero-order valence-electron chi connectivity index (χ0n) is 12.0. The maximum absolute atomic E-state index is 12.6. The number of hydrogen-bond donors (Lipinski definition) is 1. The van der Waals surface area contributed by atoms with Crippen molar-refractivity contribution < 1.29 is 13.2 Å². The van der Waals surface area contributed by atoms with E-state index in [1.54, 1.807) is 12.1 Å². The van der Waals surface area contributed by atoms with Gasteiger partial charge in [-0.3, -0.25) is 0 Å². The summed E-state index contributed by atoms with van der Waals surface area (Å²) in [6.07, 6.45) is -1.20. The Morgan fingerprint density at radius 1 is 1.33 bits per heavy atom. The molecule has 0 saturated heterocycles. The Bertz CT molecular complexity index is 472. The standard InChI is InChI=1S/C15H20ClF3N2/c1-2-7-21(10-15(17,18)19)14-6-3-11(8-13(14)16)9-20-12-4-5-12/h3,6,8,12,20H,2,4-5,7,9-10H2,1H3. The number of nitrogens with one attached hydrogen (secondary N) is 1. The molecule has 0 aliphatic heterocycles. The molecule has 2 rings (SSSR count). The monoisotopic (exact) mass is 320 g/mol. The normalized spacial score (nSPS) is 15.3. The molecule has 0 atom stereocenters. The van der Waals surface area contributed by atoms with Crippen LogP contribution >= 0.6 is 11.6 Å². The van der Waals surface area contributed by atoms with Gasteiger partial charge in [-0.1, -0.05) is 24.6 Å². The maximum Gasteiger partial charge on any atom is 0.405 e. The molecule has 0 amide bonds. The number of anilines is 1. The molecule has 118 valence electrons. The smallest absolute Gasteiger partial charge is 0.361 e. The lowest BCUT2D eigenvalue weighted by Gasteiger charge is -2.26. The summed E-state index contributed by atoms with van der Waals surface area (Å²) in [4.78, 5) is 1.29. The summed E-state index contributed by atoms with van der Waals surface area (Å²) < 4.78 is 37.9. The van der Waals surface area contributed by atoms with Crippen LogP contribution in [0.4, 0.5) is 18.9 Å². The SMILES string of the molecule is CCCN(CC(F)(F)F)c1ccc(CNC2CC2)cc1Cl. The topological polar surface area (TPSA) is 15.3 Å². The minimum Gasteiger partial charge on any atom is -0.361 e. The minimum absolute atomic E-state index is 0.332. The van der Waals surface area contributed by atoms with Gasteiger partial charge in [-0.2, -0.15) is 13.2 Å². The van der Waals surface area contributed by atoms with Crippen LogP contribution in [-0.4, -0.2) is 25.3 Å². The van der Waals surface area contributed by atoms with Crippen molar-refractivity contribution in [1.82, 2.24) is 5.32 Å². The minimum atomic E-state index is -4.23. The van der Waals surface area contributed by atoms with Crippen molar-refractivity contribution in [3.05, 3.63) is 28.8 Å². The molecule has 1 aliphatic carbocycles. The second-order valence-electron chi connectivity index (χ2n) is 5.48. The summed E-state index contributed by atoms with van der Waals surface area (Å²) in [6, 6.07) is 5.87. The van der Waals surface area contributed by atoms with Crippen LogP contribution in [-0.2, 0) is 6.54 Å². The average Bonchev–Trinajstić information content (AvgIpc) is 3.18. The van der Waals surface area contributed by atoms with Crippen molar-refractivity contribution >= 4 is 17.3 Å². The van der Waals surface area contributed by atoms with E-state index in [1.165, 1.54) is 17.7 Å². The summed E-state index contributed by atoms with van der Waals surface area (Å²) in [6.45, 7) is 1.92. The lowest BCUT2D eigenvalue weighted by molar-refractivity contribution is -0.119. The van der Waals surface area contributed by atoms with Gasteiger partial charge in [0.25, 0.3) is 0 Å². The number of halogens is 4. The van der Waals surface area contributed by atoms with Crippen LogP contribution in [0.3, 0.4) is 0 Å². The van der Waals surface area contributed by atoms with Crippen molar-refractivity contribution in [1.29, 1.82) is 0 Å². The first kappa shape index (κ1) is 16.4. The number of hydrogen-bond acceptors (Lipinski definition) is 2. The molecule has 2 nitrogen and oxygen atoms in total. The Balaban J connectivity index is 2.08. The van der Waals surface area contributed by atoms with Crippen LogP contribution in [0.1, 0.15) is 31.7 Å². The lowest BCUT2D eigenvalue weighted by Crippen LogP contribution is -2.35. The Kier molecular flexibility index (Phi) is 5.38. The molecule has 0 heterocycles. The third-order valence-corrected chi connectivity index (χ3v) is 3.69. The largest absolute Gasteiger partial charge is 0.405 e. The molecular weight excluding hydrogens is 301 g/mol. The summed E-state index contributed by atoms with van der Waals surface area (Å²) in [5.74, 6) is 0. The number of benzene rings is 1. The molecule has 1 aliphatic rings. The van der Waals surface area contributed by atoms with E-state index in [4.69, 9.17) is 11.6 Å². The quantitative estimate of drug-likeness (QED) is 0.802. The van der Waals surface area contributed by atoms with Gasteiger partial charge in [0.05, 0.1) is 10.7 Å². The molecule has 1 saturated carbocycles. The highest BCUT2D eigenvalue weighted by Gasteiger charge is 2.31. The van der Waals surface area contributed by atoms with Crippen LogP contribution < -0.4 is 10.2 Å². The Morgan fingerprint density at radius 3 is 2.57 bits per heavy atom. The summed E-state index contributed by atoms with van der Waals surface area (Å²) >= 11 is 6.18. The molecule has 0 unspecified atom stereocenters. The van der Waals surface area contributed by atoms with Crippen LogP contribution in [0.5, 0.6) is 0 Å². The predicted molar refractivity (Wildman–Crippen MR) is 79.9 cm³/mol. The third-order valence-electron chi connectivity index (χ3n) is 3.39. The zero-order valence-corrected chi connectivity index (χ0v) is 12.8. The lowest BCUT2D eigenvalue weighted by atomic mass is 10.2. The van der Waals surface area contributed by atoms with E-state index in [0.717, 1.165) is 5.56 Å². The van der Waals surface area contributed by atoms with Gasteiger partial charge in [0.2, 0.25) is 0 Å². The molecule has 0 spiro atoms. The molecule has 0 bridgehead atoms. The van der Waals surface area contributed by atoms with Gasteiger partial charge in [0, 0.05) is 19.1 Å². The molecule has 21 heavy (non-hydrogen) atoms. The number of alkyl halides is 3. The Labute approximate surface area is 128 Å². The van der Waals surface area contributed by atoms with Crippen molar-refractivity contribution in [2.24, 2.45) is 0 Å². The molecule has 1 aromatic rings. The van der Waals surface area contributed by atoms with Crippen LogP contribution in [0.15, 0.2) is 18.2 Å². The second-order valence-corrected chi connectivity index (χ2v) is 5.88. The molecule has 1 aromatic carbocycles. The Hall–Kier alpha value is -0.940. The average molecular weight is 321 g/mol. The fourth-order valence-electron chi connectivity index (χ4n) is 2.24. The van der Waals surface area contributed by atoms with Gasteiger partial charge in [0.1, 0.15) is 6.54 Å². The van der Waals surface area contributed by atoms with E-state index in [2.05, 4.69) is 5.32 Å². The molecule has 1 N–H and O–H groups in total. The van der Waals surface area contributed by atoms with E-state index in [1.807, 2.05) is 13.0 Å². The summed E-state index contributed by atoms with van der Waals surface area (Å²) in [5.41, 5.74) is 1.45. The summed E-state index contributed by atoms with van der Waals surface area (Å²) in [5, 5.41) is 3.74. The highest BCUT2D eigenvalue weighted by atomic mass is 35.5. The van der Waals surface area contributed by atoms with Crippen molar-refractivity contribution in [2.45, 2.75) is 44.9 Å². The molecule has 1 fully saturated rings. The van der Waals surface area contributed by atoms with E-state index in [-0.39, 0.29) is 0 Å². The van der Waals surface area contributed by atoms with Crippen molar-refractivity contribution in [3.8, 4) is 0 Å². The van der Waals surface area contributed by atoms with E-state index >= 15 is 0 Å². The molecule has 6 heteroatoms. The fraction of sp³-hybridized carbons (Fsp3) is 0.600. The molecular formula is C15H20ClF3N2.